The van der Waals surface area contributed by atoms with E-state index < -0.39 is 5.25 Å². The van der Waals surface area contributed by atoms with Crippen molar-refractivity contribution in [1.29, 1.82) is 5.26 Å². The van der Waals surface area contributed by atoms with Crippen molar-refractivity contribution in [1.82, 2.24) is 0 Å². The molecule has 0 aliphatic carbocycles. The zero-order valence-electron chi connectivity index (χ0n) is 12.4. The molecular formula is C17H14N2O2S2. The summed E-state index contributed by atoms with van der Waals surface area (Å²) < 4.78 is 5.17. The van der Waals surface area contributed by atoms with Gasteiger partial charge in [0, 0.05) is 5.92 Å². The molecule has 23 heavy (non-hydrogen) atoms. The molecule has 1 aromatic heterocycles. The van der Waals surface area contributed by atoms with Crippen LogP contribution in [-0.2, 0) is 0 Å². The number of carbonyl (C=O) groups is 1. The van der Waals surface area contributed by atoms with Crippen molar-refractivity contribution >= 4 is 28.9 Å². The Bertz CT molecular complexity index is 789. The molecule has 0 radical (unpaired) electrons. The van der Waals surface area contributed by atoms with E-state index in [1.807, 2.05) is 35.7 Å². The number of rotatable bonds is 4. The molecule has 1 aliphatic rings. The number of allylic oxidation sites excluding steroid dienone is 1. The van der Waals surface area contributed by atoms with Gasteiger partial charge >= 0.3 is 0 Å². The first-order valence-electron chi connectivity index (χ1n) is 6.93. The highest BCUT2D eigenvalue weighted by Gasteiger charge is 2.41. The second-order valence-electron chi connectivity index (χ2n) is 5.02. The molecule has 0 saturated carbocycles. The maximum atomic E-state index is 12.8. The van der Waals surface area contributed by atoms with Crippen LogP contribution >= 0.6 is 23.1 Å². The molecule has 0 unspecified atom stereocenters. The van der Waals surface area contributed by atoms with E-state index in [-0.39, 0.29) is 11.7 Å². The molecule has 2 heterocycles. The van der Waals surface area contributed by atoms with Crippen molar-refractivity contribution in [3.05, 3.63) is 62.8 Å². The number of methoxy groups -OCH3 is 1. The van der Waals surface area contributed by atoms with Gasteiger partial charge in [0.15, 0.2) is 5.78 Å². The number of thioether (sulfide) groups is 1. The van der Waals surface area contributed by atoms with Gasteiger partial charge in [-0.05, 0) is 29.1 Å². The standard InChI is InChI=1S/C17H14N2O2S2/c1-21-11-6-4-10(5-7-11)14-12(9-18)17(19)23-16(14)15(20)13-3-2-8-22-13/h2-8,14,16H,19H2,1H3/t14-,16-/m0/s1. The SMILES string of the molecule is COc1ccc([C@H]2C(C#N)=C(N)S[C@@H]2C(=O)c2cccs2)cc1. The summed E-state index contributed by atoms with van der Waals surface area (Å²) in [4.78, 5) is 13.5. The number of Topliss-reactive ketones (excluding diaryl/α,β-unsaturated/α-hetero) is 1. The van der Waals surface area contributed by atoms with E-state index in [1.54, 1.807) is 13.2 Å². The van der Waals surface area contributed by atoms with Crippen LogP contribution in [0.15, 0.2) is 52.4 Å². The number of thiophene rings is 1. The number of hydrogen-bond donors (Lipinski definition) is 1. The number of hydrogen-bond acceptors (Lipinski definition) is 6. The van der Waals surface area contributed by atoms with E-state index in [9.17, 15) is 10.1 Å². The summed E-state index contributed by atoms with van der Waals surface area (Å²) in [7, 11) is 1.60. The summed E-state index contributed by atoms with van der Waals surface area (Å²) in [6.07, 6.45) is 0. The minimum Gasteiger partial charge on any atom is -0.497 e. The van der Waals surface area contributed by atoms with Crippen molar-refractivity contribution in [2.45, 2.75) is 11.2 Å². The number of nitrogens with two attached hydrogens (primary N) is 1. The molecule has 0 amide bonds. The lowest BCUT2D eigenvalue weighted by Crippen LogP contribution is -2.22. The van der Waals surface area contributed by atoms with Gasteiger partial charge in [-0.2, -0.15) is 5.26 Å². The third-order valence-corrected chi connectivity index (χ3v) is 5.85. The molecule has 2 atom stereocenters. The molecular weight excluding hydrogens is 328 g/mol. The summed E-state index contributed by atoms with van der Waals surface area (Å²) in [6.45, 7) is 0. The average Bonchev–Trinajstić information content (AvgIpc) is 3.22. The Hall–Kier alpha value is -2.23. The highest BCUT2D eigenvalue weighted by atomic mass is 32.2. The highest BCUT2D eigenvalue weighted by molar-refractivity contribution is 8.04. The van der Waals surface area contributed by atoms with E-state index in [4.69, 9.17) is 10.5 Å². The van der Waals surface area contributed by atoms with Gasteiger partial charge in [0.2, 0.25) is 0 Å². The van der Waals surface area contributed by atoms with Crippen LogP contribution in [0, 0.1) is 11.3 Å². The molecule has 3 rings (SSSR count). The number of ether oxygens (including phenoxy) is 1. The fraction of sp³-hybridized carbons (Fsp3) is 0.176. The van der Waals surface area contributed by atoms with Gasteiger partial charge in [-0.15, -0.1) is 11.3 Å². The van der Waals surface area contributed by atoms with E-state index in [0.29, 0.717) is 15.5 Å². The third kappa shape index (κ3) is 2.85. The van der Waals surface area contributed by atoms with Crippen LogP contribution in [0.5, 0.6) is 5.75 Å². The third-order valence-electron chi connectivity index (χ3n) is 3.75. The predicted molar refractivity (Wildman–Crippen MR) is 92.6 cm³/mol. The monoisotopic (exact) mass is 342 g/mol. The van der Waals surface area contributed by atoms with Crippen LogP contribution < -0.4 is 10.5 Å². The zero-order chi connectivity index (χ0) is 16.4. The first-order valence-corrected chi connectivity index (χ1v) is 8.69. The van der Waals surface area contributed by atoms with Crippen molar-refractivity contribution in [3.63, 3.8) is 0 Å². The lowest BCUT2D eigenvalue weighted by atomic mass is 9.87. The van der Waals surface area contributed by atoms with Crippen LogP contribution in [0.3, 0.4) is 0 Å². The summed E-state index contributed by atoms with van der Waals surface area (Å²) >= 11 is 2.68. The Morgan fingerprint density at radius 3 is 2.61 bits per heavy atom. The Balaban J connectivity index is 2.00. The molecule has 0 fully saturated rings. The van der Waals surface area contributed by atoms with Gasteiger partial charge in [0.05, 0.1) is 33.9 Å². The second kappa shape index (κ2) is 6.49. The Morgan fingerprint density at radius 1 is 1.30 bits per heavy atom. The van der Waals surface area contributed by atoms with E-state index in [0.717, 1.165) is 11.3 Å². The lowest BCUT2D eigenvalue weighted by molar-refractivity contribution is 0.0989. The fourth-order valence-corrected chi connectivity index (χ4v) is 4.63. The number of benzene rings is 1. The molecule has 4 nitrogen and oxygen atoms in total. The van der Waals surface area contributed by atoms with Crippen LogP contribution in [0.2, 0.25) is 0 Å². The lowest BCUT2D eigenvalue weighted by Gasteiger charge is -2.18. The molecule has 116 valence electrons. The first-order chi connectivity index (χ1) is 11.2. The van der Waals surface area contributed by atoms with Crippen molar-refractivity contribution in [3.8, 4) is 11.8 Å². The van der Waals surface area contributed by atoms with E-state index in [2.05, 4.69) is 6.07 Å². The second-order valence-corrected chi connectivity index (χ2v) is 7.15. The maximum absolute atomic E-state index is 12.8. The van der Waals surface area contributed by atoms with Crippen LogP contribution in [-0.4, -0.2) is 18.1 Å². The smallest absolute Gasteiger partial charge is 0.187 e. The molecule has 0 bridgehead atoms. The van der Waals surface area contributed by atoms with Crippen molar-refractivity contribution in [2.75, 3.05) is 7.11 Å². The number of nitrogens with zero attached hydrogens (tertiary/aromatic N) is 1. The molecule has 1 aromatic carbocycles. The predicted octanol–water partition coefficient (Wildman–Crippen LogP) is 3.53. The zero-order valence-corrected chi connectivity index (χ0v) is 14.0. The number of carbonyl (C=O) groups excluding carboxylic acids is 1. The fourth-order valence-electron chi connectivity index (χ4n) is 2.61. The molecule has 6 heteroatoms. The summed E-state index contributed by atoms with van der Waals surface area (Å²) in [6, 6.07) is 13.3. The van der Waals surface area contributed by atoms with Gasteiger partial charge in [-0.25, -0.2) is 0 Å². The highest BCUT2D eigenvalue weighted by Crippen LogP contribution is 2.47. The molecule has 0 spiro atoms. The molecule has 2 N–H and O–H groups in total. The number of nitriles is 1. The normalized spacial score (nSPS) is 20.3. The summed E-state index contributed by atoms with van der Waals surface area (Å²) in [5.74, 6) is 0.417. The largest absolute Gasteiger partial charge is 0.497 e. The maximum Gasteiger partial charge on any atom is 0.187 e. The van der Waals surface area contributed by atoms with Gasteiger partial charge in [-0.1, -0.05) is 30.0 Å². The average molecular weight is 342 g/mol. The van der Waals surface area contributed by atoms with E-state index >= 15 is 0 Å². The van der Waals surface area contributed by atoms with Gasteiger partial charge in [-0.3, -0.25) is 4.79 Å². The minimum absolute atomic E-state index is 0.0130. The minimum atomic E-state index is -0.406. The molecule has 2 aromatic rings. The summed E-state index contributed by atoms with van der Waals surface area (Å²) in [5.41, 5.74) is 7.36. The quantitative estimate of drug-likeness (QED) is 0.860. The van der Waals surface area contributed by atoms with Crippen molar-refractivity contribution < 1.29 is 9.53 Å². The van der Waals surface area contributed by atoms with Crippen LogP contribution in [0.1, 0.15) is 21.2 Å². The van der Waals surface area contributed by atoms with Crippen LogP contribution in [0.4, 0.5) is 0 Å². The topological polar surface area (TPSA) is 76.1 Å². The van der Waals surface area contributed by atoms with Gasteiger partial charge in [0.1, 0.15) is 5.75 Å². The number of ketones is 1. The van der Waals surface area contributed by atoms with Crippen LogP contribution in [0.25, 0.3) is 0 Å². The Kier molecular flexibility index (Phi) is 4.42. The molecule has 0 saturated heterocycles. The van der Waals surface area contributed by atoms with Crippen molar-refractivity contribution in [2.24, 2.45) is 5.73 Å². The Morgan fingerprint density at radius 2 is 2.04 bits per heavy atom. The molecule has 1 aliphatic heterocycles. The van der Waals surface area contributed by atoms with Gasteiger partial charge in [0.25, 0.3) is 0 Å². The Labute approximate surface area is 142 Å². The van der Waals surface area contributed by atoms with E-state index in [1.165, 1.54) is 23.1 Å². The van der Waals surface area contributed by atoms with Gasteiger partial charge < -0.3 is 10.5 Å². The summed E-state index contributed by atoms with van der Waals surface area (Å²) in [5, 5.41) is 11.4. The first kappa shape index (κ1) is 15.7.